The molecule has 13 heteroatoms. The lowest BCUT2D eigenvalue weighted by atomic mass is 9.94. The van der Waals surface area contributed by atoms with Gasteiger partial charge in [-0.1, -0.05) is 93.4 Å². The van der Waals surface area contributed by atoms with Gasteiger partial charge in [0.05, 0.1) is 21.2 Å². The maximum absolute atomic E-state index is 14.3. The smallest absolute Gasteiger partial charge is 0.332 e. The van der Waals surface area contributed by atoms with Crippen molar-refractivity contribution in [1.29, 1.82) is 0 Å². The largest absolute Gasteiger partial charge is 0.505 e. The second-order valence-corrected chi connectivity index (χ2v) is 16.0. The maximum atomic E-state index is 14.3. The molecule has 1 unspecified atom stereocenters. The number of phenolic OH excluding ortho intramolecular Hbond substituents is 1. The minimum atomic E-state index is -1.81. The van der Waals surface area contributed by atoms with Crippen LogP contribution in [0.5, 0.6) is 5.75 Å². The van der Waals surface area contributed by atoms with Gasteiger partial charge < -0.3 is 35.2 Å². The van der Waals surface area contributed by atoms with Crippen molar-refractivity contribution in [2.45, 2.75) is 104 Å². The molecule has 0 saturated carbocycles. The van der Waals surface area contributed by atoms with Crippen LogP contribution >= 0.6 is 27.5 Å². The molecule has 11 nitrogen and oxygen atoms in total. The van der Waals surface area contributed by atoms with Crippen molar-refractivity contribution in [3.05, 3.63) is 98.5 Å². The monoisotopic (exact) mass is 843 g/mol. The number of cyclic esters (lactones) is 1. The van der Waals surface area contributed by atoms with Crippen molar-refractivity contribution >= 4 is 51.2 Å². The summed E-state index contributed by atoms with van der Waals surface area (Å²) < 4.78 is 12.2. The maximum Gasteiger partial charge on any atom is 0.332 e. The second-order valence-electron chi connectivity index (χ2n) is 14.8. The van der Waals surface area contributed by atoms with Gasteiger partial charge in [-0.05, 0) is 84.8 Å². The minimum Gasteiger partial charge on any atom is -0.505 e. The first-order valence-corrected chi connectivity index (χ1v) is 19.5. The van der Waals surface area contributed by atoms with Crippen LogP contribution in [-0.2, 0) is 35.1 Å². The summed E-state index contributed by atoms with van der Waals surface area (Å²) in [6.45, 7) is 12.0. The molecule has 0 aliphatic carbocycles. The summed E-state index contributed by atoms with van der Waals surface area (Å²) in [5.41, 5.74) is 0.665. The molecule has 4 N–H and O–H groups in total. The number of hydrogen-bond acceptors (Lipinski definition) is 8. The third-order valence-electron chi connectivity index (χ3n) is 9.96. The van der Waals surface area contributed by atoms with Crippen LogP contribution < -0.4 is 10.6 Å². The molecule has 2 aromatic rings. The number of nitrogens with one attached hydrogen (secondary N) is 2. The molecular weight excluding hydrogens is 790 g/mol. The Morgan fingerprint density at radius 1 is 1.09 bits per heavy atom. The number of ether oxygens (including phenoxy) is 2. The van der Waals surface area contributed by atoms with E-state index in [1.165, 1.54) is 24.8 Å². The van der Waals surface area contributed by atoms with Crippen LogP contribution in [0.3, 0.4) is 0 Å². The predicted molar refractivity (Wildman–Crippen MR) is 217 cm³/mol. The van der Waals surface area contributed by atoms with Crippen LogP contribution in [0.25, 0.3) is 0 Å². The van der Waals surface area contributed by atoms with Gasteiger partial charge in [-0.25, -0.2) is 4.79 Å². The van der Waals surface area contributed by atoms with Gasteiger partial charge in [0.2, 0.25) is 17.7 Å². The average molecular weight is 845 g/mol. The highest BCUT2D eigenvalue weighted by molar-refractivity contribution is 9.10. The first-order chi connectivity index (χ1) is 25.8. The predicted octanol–water partition coefficient (Wildman–Crippen LogP) is 6.75. The molecule has 0 fully saturated rings. The van der Waals surface area contributed by atoms with Crippen LogP contribution in [0, 0.1) is 11.8 Å². The Kier molecular flexibility index (Phi) is 16.7. The quantitative estimate of drug-likeness (QED) is 0.223. The van der Waals surface area contributed by atoms with E-state index >= 15 is 0 Å². The molecule has 0 aromatic heterocycles. The van der Waals surface area contributed by atoms with E-state index in [1.54, 1.807) is 33.2 Å². The Morgan fingerprint density at radius 3 is 2.33 bits per heavy atom. The zero-order valence-electron chi connectivity index (χ0n) is 33.1. The number of nitrogens with zero attached hydrogens (tertiary/aromatic N) is 1. The Balaban J connectivity index is 2.21. The molecule has 0 radical (unpaired) electrons. The van der Waals surface area contributed by atoms with Crippen LogP contribution in [0.2, 0.25) is 5.02 Å². The van der Waals surface area contributed by atoms with E-state index in [1.807, 2.05) is 76.3 Å². The highest BCUT2D eigenvalue weighted by Gasteiger charge is 2.41. The van der Waals surface area contributed by atoms with E-state index in [9.17, 15) is 29.4 Å². The molecule has 2 aromatic carbocycles. The number of halogens is 2. The summed E-state index contributed by atoms with van der Waals surface area (Å²) in [4.78, 5) is 57.9. The lowest BCUT2D eigenvalue weighted by molar-refractivity contribution is -0.162. The van der Waals surface area contributed by atoms with Crippen LogP contribution in [0.4, 0.5) is 0 Å². The highest BCUT2D eigenvalue weighted by atomic mass is 79.9. The molecule has 300 valence electrons. The van der Waals surface area contributed by atoms with Crippen molar-refractivity contribution in [1.82, 2.24) is 15.5 Å². The summed E-state index contributed by atoms with van der Waals surface area (Å²) in [7, 11) is 3.14. The SMILES string of the molecule is CC[C@H](C)[C@H]1C(=O)NC(Cc2cc(Cl)c(O)c(Br)c2)C(=O)N[C@@H](C(C)(C)O)C(=O)O[C@H](c2ccccc2)[C@H](C)/C=C/C=C(\C)[C@H](OC)C/C=C(\C)C(=O)N1C. The normalized spacial score (nSPS) is 27.3. The second kappa shape index (κ2) is 20.3. The molecular formula is C42H55BrClN3O8. The number of benzene rings is 2. The number of carbonyl (C=O) groups excluding carboxylic acids is 4. The van der Waals surface area contributed by atoms with Crippen LogP contribution in [0.15, 0.2) is 82.4 Å². The first-order valence-electron chi connectivity index (χ1n) is 18.4. The number of allylic oxidation sites excluding steroid dienone is 2. The summed E-state index contributed by atoms with van der Waals surface area (Å²) in [6.07, 6.45) is 7.08. The Labute approximate surface area is 338 Å². The number of rotatable bonds is 7. The molecule has 1 aliphatic rings. The number of methoxy groups -OCH3 is 1. The molecule has 0 saturated heterocycles. The zero-order chi connectivity index (χ0) is 41.2. The van der Waals surface area contributed by atoms with Crippen molar-refractivity contribution in [2.24, 2.45) is 11.8 Å². The van der Waals surface area contributed by atoms with E-state index in [-0.39, 0.29) is 45.5 Å². The fourth-order valence-electron chi connectivity index (χ4n) is 6.39. The average Bonchev–Trinajstić information content (AvgIpc) is 3.13. The van der Waals surface area contributed by atoms with Gasteiger partial charge in [-0.3, -0.25) is 14.4 Å². The van der Waals surface area contributed by atoms with E-state index < -0.39 is 47.6 Å². The lowest BCUT2D eigenvalue weighted by Crippen LogP contribution is -2.61. The number of aliphatic hydroxyl groups is 1. The fourth-order valence-corrected chi connectivity index (χ4v) is 7.26. The van der Waals surface area contributed by atoms with Crippen LogP contribution in [0.1, 0.15) is 78.5 Å². The van der Waals surface area contributed by atoms with Crippen molar-refractivity contribution in [3.8, 4) is 5.75 Å². The third kappa shape index (κ3) is 12.3. The van der Waals surface area contributed by atoms with Gasteiger partial charge in [0.15, 0.2) is 6.04 Å². The number of esters is 1. The Bertz CT molecular complexity index is 1750. The molecule has 3 amide bonds. The summed E-state index contributed by atoms with van der Waals surface area (Å²) in [5.74, 6) is -3.55. The van der Waals surface area contributed by atoms with Crippen molar-refractivity contribution in [3.63, 3.8) is 0 Å². The molecule has 1 heterocycles. The van der Waals surface area contributed by atoms with Crippen molar-refractivity contribution in [2.75, 3.05) is 14.2 Å². The molecule has 55 heavy (non-hydrogen) atoms. The van der Waals surface area contributed by atoms with Gasteiger partial charge >= 0.3 is 5.97 Å². The number of phenols is 1. The van der Waals surface area contributed by atoms with Crippen LogP contribution in [-0.4, -0.2) is 82.8 Å². The Morgan fingerprint density at radius 2 is 1.75 bits per heavy atom. The van der Waals surface area contributed by atoms with Crippen molar-refractivity contribution < 1.29 is 38.9 Å². The minimum absolute atomic E-state index is 0.0121. The molecule has 1 aliphatic heterocycles. The van der Waals surface area contributed by atoms with Gasteiger partial charge in [0.1, 0.15) is 23.9 Å². The lowest BCUT2D eigenvalue weighted by Gasteiger charge is -2.34. The van der Waals surface area contributed by atoms with E-state index in [0.29, 0.717) is 29.5 Å². The van der Waals surface area contributed by atoms with E-state index in [2.05, 4.69) is 26.6 Å². The molecule has 7 atom stereocenters. The van der Waals surface area contributed by atoms with Gasteiger partial charge in [-0.15, -0.1) is 0 Å². The summed E-state index contributed by atoms with van der Waals surface area (Å²) in [6, 6.07) is 8.28. The first kappa shape index (κ1) is 45.4. The van der Waals surface area contributed by atoms with E-state index in [4.69, 9.17) is 21.1 Å². The van der Waals surface area contributed by atoms with Gasteiger partial charge in [0, 0.05) is 32.1 Å². The molecule has 0 bridgehead atoms. The number of amides is 3. The number of hydrogen-bond donors (Lipinski definition) is 4. The van der Waals surface area contributed by atoms with Gasteiger partial charge in [-0.2, -0.15) is 0 Å². The van der Waals surface area contributed by atoms with Gasteiger partial charge in [0.25, 0.3) is 0 Å². The zero-order valence-corrected chi connectivity index (χ0v) is 35.4. The van der Waals surface area contributed by atoms with E-state index in [0.717, 1.165) is 5.57 Å². The molecule has 0 spiro atoms. The Hall–Kier alpha value is -3.97. The topological polar surface area (TPSA) is 155 Å². The number of aromatic hydroxyl groups is 1. The number of likely N-dealkylation sites (N-methyl/N-ethyl adjacent to an activating group) is 1. The number of carbonyl (C=O) groups is 4. The molecule has 3 rings (SSSR count). The highest BCUT2D eigenvalue weighted by Crippen LogP contribution is 2.34. The summed E-state index contributed by atoms with van der Waals surface area (Å²) >= 11 is 9.55. The fraction of sp³-hybridized carbons (Fsp3) is 0.476. The third-order valence-corrected chi connectivity index (χ3v) is 10.9. The standard InChI is InChI=1S/C42H55BrClN3O8/c1-10-24(2)34-39(50)45-32(23-28-21-30(43)35(48)31(44)22-28)38(49)46-37(42(6,7)53)41(52)55-36(29-17-12-11-13-18-29)26(4)16-14-15-25(3)33(54-9)20-19-27(5)40(51)47(34)8/h11-19,21-22,24,26,32-34,36-37,48,53H,10,20,23H2,1-9H3,(H,45,50)(H,46,49)/b16-14+,25-15+,27-19+/t24-,26+,32?,33+,34-,36-,37+/m0/s1. The summed E-state index contributed by atoms with van der Waals surface area (Å²) in [5, 5.41) is 27.1.